The Kier molecular flexibility index (Phi) is 2.49. The molecule has 5 heteroatoms. The fourth-order valence-corrected chi connectivity index (χ4v) is 1.49. The number of nitrogens with two attached hydrogens (primary N) is 1. The van der Waals surface area contributed by atoms with Crippen LogP contribution in [0.15, 0.2) is 24.3 Å². The van der Waals surface area contributed by atoms with E-state index in [1.807, 2.05) is 0 Å². The molecule has 1 aromatic carbocycles. The zero-order valence-electron chi connectivity index (χ0n) is 7.02. The molecule has 13 heavy (non-hydrogen) atoms. The lowest BCUT2D eigenvalue weighted by Gasteiger charge is -2.00. The van der Waals surface area contributed by atoms with Crippen molar-refractivity contribution in [1.82, 2.24) is 0 Å². The Morgan fingerprint density at radius 3 is 2.31 bits per heavy atom. The molecule has 70 valence electrons. The Bertz CT molecular complexity index is 436. The first kappa shape index (κ1) is 9.88. The normalized spacial score (nSPS) is 11.2. The van der Waals surface area contributed by atoms with Crippen LogP contribution in [0.2, 0.25) is 0 Å². The molecule has 0 aromatic heterocycles. The van der Waals surface area contributed by atoms with Gasteiger partial charge in [0.25, 0.3) is 15.1 Å². The topological polar surface area (TPSA) is 77.2 Å². The molecule has 1 rings (SSSR count). The summed E-state index contributed by atoms with van der Waals surface area (Å²) in [6, 6.07) is 6.39. The second-order valence-electron chi connectivity index (χ2n) is 2.65. The van der Waals surface area contributed by atoms with Crippen LogP contribution in [-0.4, -0.2) is 13.5 Å². The van der Waals surface area contributed by atoms with E-state index in [-0.39, 0.29) is 5.56 Å². The minimum atomic E-state index is -4.12. The van der Waals surface area contributed by atoms with Crippen molar-refractivity contribution in [3.63, 3.8) is 0 Å². The number of sulfonamides is 1. The maximum Gasteiger partial charge on any atom is 0.291 e. The van der Waals surface area contributed by atoms with Crippen molar-refractivity contribution in [1.29, 1.82) is 0 Å². The highest BCUT2D eigenvalue weighted by molar-refractivity contribution is 8.04. The van der Waals surface area contributed by atoms with Gasteiger partial charge in [0.1, 0.15) is 0 Å². The third-order valence-electron chi connectivity index (χ3n) is 1.62. The fourth-order valence-electron chi connectivity index (χ4n) is 0.955. The highest BCUT2D eigenvalue weighted by Gasteiger charge is 2.19. The van der Waals surface area contributed by atoms with Crippen LogP contribution in [0.4, 0.5) is 0 Å². The zero-order valence-corrected chi connectivity index (χ0v) is 7.84. The number of primary sulfonamides is 1. The van der Waals surface area contributed by atoms with Gasteiger partial charge in [-0.3, -0.25) is 4.79 Å². The van der Waals surface area contributed by atoms with Crippen LogP contribution in [-0.2, 0) is 10.0 Å². The molecule has 0 bridgehead atoms. The van der Waals surface area contributed by atoms with Gasteiger partial charge >= 0.3 is 0 Å². The molecule has 0 radical (unpaired) electrons. The van der Waals surface area contributed by atoms with Gasteiger partial charge in [-0.1, -0.05) is 18.2 Å². The highest BCUT2D eigenvalue weighted by atomic mass is 32.2. The number of rotatable bonds is 1. The molecule has 0 saturated heterocycles. The Morgan fingerprint density at radius 1 is 1.31 bits per heavy atom. The highest BCUT2D eigenvalue weighted by Crippen LogP contribution is 2.09. The van der Waals surface area contributed by atoms with Gasteiger partial charge in [-0.25, -0.2) is 13.6 Å². The van der Waals surface area contributed by atoms with Crippen LogP contribution in [0.5, 0.6) is 0 Å². The molecule has 0 amide bonds. The average Bonchev–Trinajstić information content (AvgIpc) is 2.02. The predicted molar refractivity (Wildman–Crippen MR) is 48.6 cm³/mol. The third-order valence-corrected chi connectivity index (χ3v) is 2.36. The van der Waals surface area contributed by atoms with Gasteiger partial charge in [0.2, 0.25) is 0 Å². The Labute approximate surface area is 76.4 Å². The Balaban J connectivity index is 3.26. The lowest BCUT2D eigenvalue weighted by Crippen LogP contribution is -2.23. The molecule has 0 atom stereocenters. The molecule has 0 aliphatic heterocycles. The van der Waals surface area contributed by atoms with Gasteiger partial charge in [-0.15, -0.1) is 0 Å². The molecule has 0 aliphatic carbocycles. The molecular weight excluding hydrogens is 190 g/mol. The number of hydrogen-bond acceptors (Lipinski definition) is 3. The van der Waals surface area contributed by atoms with Gasteiger partial charge in [0.05, 0.1) is 0 Å². The van der Waals surface area contributed by atoms with E-state index >= 15 is 0 Å². The number of hydrogen-bond donors (Lipinski definition) is 1. The lowest BCUT2D eigenvalue weighted by atomic mass is 10.1. The van der Waals surface area contributed by atoms with E-state index in [9.17, 15) is 13.2 Å². The summed E-state index contributed by atoms with van der Waals surface area (Å²) in [6.45, 7) is 1.65. The molecule has 0 aliphatic rings. The first-order valence-electron chi connectivity index (χ1n) is 3.55. The van der Waals surface area contributed by atoms with Crippen LogP contribution in [0, 0.1) is 6.92 Å². The molecule has 1 aromatic rings. The van der Waals surface area contributed by atoms with E-state index < -0.39 is 15.1 Å². The molecule has 0 unspecified atom stereocenters. The minimum absolute atomic E-state index is 0.130. The first-order chi connectivity index (χ1) is 5.93. The third kappa shape index (κ3) is 2.13. The van der Waals surface area contributed by atoms with Crippen molar-refractivity contribution < 1.29 is 13.2 Å². The van der Waals surface area contributed by atoms with Gasteiger partial charge in [0.15, 0.2) is 0 Å². The Hall–Kier alpha value is -1.20. The van der Waals surface area contributed by atoms with Crippen LogP contribution >= 0.6 is 0 Å². The quantitative estimate of drug-likeness (QED) is 0.712. The Morgan fingerprint density at radius 2 is 1.85 bits per heavy atom. The van der Waals surface area contributed by atoms with Crippen LogP contribution in [0.25, 0.3) is 0 Å². The monoisotopic (exact) mass is 199 g/mol. The second-order valence-corrected chi connectivity index (χ2v) is 4.11. The SMILES string of the molecule is Cc1ccccc1C(=O)S(N)(=O)=O. The van der Waals surface area contributed by atoms with Gasteiger partial charge < -0.3 is 0 Å². The number of carbonyl (C=O) groups is 1. The van der Waals surface area contributed by atoms with Crippen molar-refractivity contribution in [3.05, 3.63) is 35.4 Å². The maximum absolute atomic E-state index is 11.2. The molecule has 0 spiro atoms. The summed E-state index contributed by atoms with van der Waals surface area (Å²) in [4.78, 5) is 11.2. The van der Waals surface area contributed by atoms with E-state index in [4.69, 9.17) is 5.14 Å². The summed E-state index contributed by atoms with van der Waals surface area (Å²) in [7, 11) is -4.12. The summed E-state index contributed by atoms with van der Waals surface area (Å²) in [6.07, 6.45) is 0. The molecule has 2 N–H and O–H groups in total. The average molecular weight is 199 g/mol. The fraction of sp³-hybridized carbons (Fsp3) is 0.125. The van der Waals surface area contributed by atoms with E-state index in [2.05, 4.69) is 0 Å². The number of carbonyl (C=O) groups excluding carboxylic acids is 1. The zero-order chi connectivity index (χ0) is 10.1. The van der Waals surface area contributed by atoms with E-state index in [0.717, 1.165) is 0 Å². The van der Waals surface area contributed by atoms with Crippen LogP contribution in [0.3, 0.4) is 0 Å². The summed E-state index contributed by atoms with van der Waals surface area (Å²) >= 11 is 0. The maximum atomic E-state index is 11.2. The first-order valence-corrected chi connectivity index (χ1v) is 5.10. The second kappa shape index (κ2) is 3.27. The van der Waals surface area contributed by atoms with Crippen LogP contribution < -0.4 is 5.14 Å². The smallest absolute Gasteiger partial charge is 0.274 e. The summed E-state index contributed by atoms with van der Waals surface area (Å²) in [5.74, 6) is 0. The van der Waals surface area contributed by atoms with E-state index in [0.29, 0.717) is 5.56 Å². The molecular formula is C8H9NO3S. The van der Waals surface area contributed by atoms with E-state index in [1.165, 1.54) is 6.07 Å². The largest absolute Gasteiger partial charge is 0.291 e. The standard InChI is InChI=1S/C8H9NO3S/c1-6-4-2-3-5-7(6)8(10)13(9,11)12/h2-5H,1H3,(H2,9,11,12). The van der Waals surface area contributed by atoms with Gasteiger partial charge in [-0.05, 0) is 18.6 Å². The van der Waals surface area contributed by atoms with Crippen molar-refractivity contribution in [3.8, 4) is 0 Å². The molecule has 0 heterocycles. The van der Waals surface area contributed by atoms with Crippen LogP contribution in [0.1, 0.15) is 15.9 Å². The summed E-state index contributed by atoms with van der Waals surface area (Å²) in [5, 5.41) is 3.67. The molecule has 0 saturated carbocycles. The number of benzene rings is 1. The lowest BCUT2D eigenvalue weighted by molar-refractivity contribution is 0.107. The van der Waals surface area contributed by atoms with Gasteiger partial charge in [0, 0.05) is 5.56 Å². The van der Waals surface area contributed by atoms with Crippen molar-refractivity contribution in [2.75, 3.05) is 0 Å². The van der Waals surface area contributed by atoms with Crippen molar-refractivity contribution in [2.24, 2.45) is 5.14 Å². The summed E-state index contributed by atoms with van der Waals surface area (Å²) in [5.41, 5.74) is 0.728. The van der Waals surface area contributed by atoms with Crippen molar-refractivity contribution >= 4 is 15.1 Å². The van der Waals surface area contributed by atoms with Gasteiger partial charge in [-0.2, -0.15) is 0 Å². The van der Waals surface area contributed by atoms with E-state index in [1.54, 1.807) is 25.1 Å². The summed E-state index contributed by atoms with van der Waals surface area (Å²) < 4.78 is 21.4. The molecule has 0 fully saturated rings. The predicted octanol–water partition coefficient (Wildman–Crippen LogP) is 0.424. The number of aryl methyl sites for hydroxylation is 1. The van der Waals surface area contributed by atoms with Crippen molar-refractivity contribution in [2.45, 2.75) is 6.92 Å². The minimum Gasteiger partial charge on any atom is -0.274 e. The molecule has 4 nitrogen and oxygen atoms in total.